The molecular formula is C23H38FN3O3S. The summed E-state index contributed by atoms with van der Waals surface area (Å²) in [6.07, 6.45) is 3.74. The van der Waals surface area contributed by atoms with E-state index >= 15 is 0 Å². The molecule has 1 aliphatic carbocycles. The number of benzene rings is 1. The zero-order valence-corrected chi connectivity index (χ0v) is 20.3. The van der Waals surface area contributed by atoms with Gasteiger partial charge in [-0.3, -0.25) is 0 Å². The first-order valence-corrected chi connectivity index (χ1v) is 12.9. The molecule has 0 amide bonds. The van der Waals surface area contributed by atoms with Gasteiger partial charge in [0, 0.05) is 31.4 Å². The Hall–Kier alpha value is -1.38. The molecule has 0 spiro atoms. The SMILES string of the molecule is CC1CN(c2ccc(NCC3CCC(NS(=O)(=O)C(C)(C)C)CC3)c(F)c2)CC(C)O1. The molecule has 6 nitrogen and oxygen atoms in total. The molecule has 2 aliphatic rings. The first-order chi connectivity index (χ1) is 14.4. The van der Waals surface area contributed by atoms with Crippen LogP contribution in [0, 0.1) is 11.7 Å². The van der Waals surface area contributed by atoms with E-state index in [1.54, 1.807) is 26.8 Å². The molecule has 2 atom stereocenters. The molecule has 1 aromatic carbocycles. The van der Waals surface area contributed by atoms with Crippen molar-refractivity contribution >= 4 is 21.4 Å². The van der Waals surface area contributed by atoms with Crippen molar-refractivity contribution in [3.63, 3.8) is 0 Å². The molecule has 0 aromatic heterocycles. The summed E-state index contributed by atoms with van der Waals surface area (Å²) in [6.45, 7) is 11.4. The van der Waals surface area contributed by atoms with Crippen molar-refractivity contribution in [2.24, 2.45) is 5.92 Å². The van der Waals surface area contributed by atoms with Crippen LogP contribution in [0.25, 0.3) is 0 Å². The van der Waals surface area contributed by atoms with Gasteiger partial charge in [0.15, 0.2) is 0 Å². The molecule has 31 heavy (non-hydrogen) atoms. The Morgan fingerprint density at radius 2 is 1.71 bits per heavy atom. The number of sulfonamides is 1. The van der Waals surface area contributed by atoms with Crippen molar-refractivity contribution in [2.45, 2.75) is 83.3 Å². The molecule has 1 heterocycles. The van der Waals surface area contributed by atoms with Gasteiger partial charge in [-0.15, -0.1) is 0 Å². The van der Waals surface area contributed by atoms with E-state index < -0.39 is 14.8 Å². The molecule has 1 aliphatic heterocycles. The number of hydrogen-bond donors (Lipinski definition) is 2. The van der Waals surface area contributed by atoms with E-state index in [-0.39, 0.29) is 24.1 Å². The van der Waals surface area contributed by atoms with Crippen LogP contribution in [0.5, 0.6) is 0 Å². The first kappa shape index (κ1) is 24.3. The monoisotopic (exact) mass is 455 g/mol. The van der Waals surface area contributed by atoms with Gasteiger partial charge in [-0.25, -0.2) is 17.5 Å². The quantitative estimate of drug-likeness (QED) is 0.675. The van der Waals surface area contributed by atoms with Gasteiger partial charge in [0.1, 0.15) is 5.82 Å². The van der Waals surface area contributed by atoms with Crippen molar-refractivity contribution in [3.05, 3.63) is 24.0 Å². The second kappa shape index (κ2) is 9.63. The second-order valence-corrected chi connectivity index (χ2v) is 12.6. The minimum absolute atomic E-state index is 0.00481. The Morgan fingerprint density at radius 1 is 1.10 bits per heavy atom. The van der Waals surface area contributed by atoms with E-state index in [1.165, 1.54) is 0 Å². The second-order valence-electron chi connectivity index (χ2n) is 10.2. The van der Waals surface area contributed by atoms with Crippen molar-refractivity contribution in [2.75, 3.05) is 29.9 Å². The zero-order valence-electron chi connectivity index (χ0n) is 19.4. The van der Waals surface area contributed by atoms with E-state index in [0.717, 1.165) is 44.5 Å². The molecular weight excluding hydrogens is 417 g/mol. The summed E-state index contributed by atoms with van der Waals surface area (Å²) in [6, 6.07) is 5.38. The number of anilines is 2. The zero-order chi connectivity index (χ0) is 22.8. The molecule has 1 aromatic rings. The highest BCUT2D eigenvalue weighted by Gasteiger charge is 2.32. The number of hydrogen-bond acceptors (Lipinski definition) is 5. The molecule has 0 radical (unpaired) electrons. The minimum atomic E-state index is -3.32. The molecule has 176 valence electrons. The van der Waals surface area contributed by atoms with E-state index in [4.69, 9.17) is 4.74 Å². The first-order valence-electron chi connectivity index (χ1n) is 11.4. The van der Waals surface area contributed by atoms with E-state index in [2.05, 4.69) is 14.9 Å². The van der Waals surface area contributed by atoms with Crippen molar-refractivity contribution in [3.8, 4) is 0 Å². The average molecular weight is 456 g/mol. The van der Waals surface area contributed by atoms with Crippen LogP contribution in [0.15, 0.2) is 18.2 Å². The molecule has 0 bridgehead atoms. The smallest absolute Gasteiger partial charge is 0.216 e. The molecule has 3 rings (SSSR count). The number of nitrogens with zero attached hydrogens (tertiary/aromatic N) is 1. The highest BCUT2D eigenvalue weighted by molar-refractivity contribution is 7.90. The number of ether oxygens (including phenoxy) is 1. The van der Waals surface area contributed by atoms with Gasteiger partial charge in [0.25, 0.3) is 0 Å². The fourth-order valence-corrected chi connectivity index (χ4v) is 5.40. The van der Waals surface area contributed by atoms with Gasteiger partial charge >= 0.3 is 0 Å². The van der Waals surface area contributed by atoms with E-state index in [0.29, 0.717) is 18.2 Å². The van der Waals surface area contributed by atoms with Gasteiger partial charge in [0.2, 0.25) is 10.0 Å². The maximum atomic E-state index is 14.7. The van der Waals surface area contributed by atoms with Crippen LogP contribution in [-0.2, 0) is 14.8 Å². The largest absolute Gasteiger partial charge is 0.382 e. The Labute approximate surface area is 187 Å². The highest BCUT2D eigenvalue weighted by atomic mass is 32.2. The lowest BCUT2D eigenvalue weighted by Crippen LogP contribution is -2.46. The summed E-state index contributed by atoms with van der Waals surface area (Å²) in [5.41, 5.74) is 1.41. The van der Waals surface area contributed by atoms with E-state index in [9.17, 15) is 12.8 Å². The standard InChI is InChI=1S/C23H38FN3O3S/c1-16-14-27(15-17(2)30-16)20-10-11-22(21(24)12-20)25-13-18-6-8-19(9-7-18)26-31(28,29)23(3,4)5/h10-12,16-19,25-26H,6-9,13-15H2,1-5H3. The summed E-state index contributed by atoms with van der Waals surface area (Å²) >= 11 is 0. The maximum absolute atomic E-state index is 14.7. The van der Waals surface area contributed by atoms with Gasteiger partial charge < -0.3 is 15.0 Å². The van der Waals surface area contributed by atoms with E-state index in [1.807, 2.05) is 26.0 Å². The third kappa shape index (κ3) is 6.33. The molecule has 2 N–H and O–H groups in total. The maximum Gasteiger partial charge on any atom is 0.216 e. The topological polar surface area (TPSA) is 70.7 Å². The lowest BCUT2D eigenvalue weighted by molar-refractivity contribution is -0.00523. The van der Waals surface area contributed by atoms with Crippen molar-refractivity contribution in [1.82, 2.24) is 4.72 Å². The average Bonchev–Trinajstić information content (AvgIpc) is 2.66. The Bertz CT molecular complexity index is 838. The highest BCUT2D eigenvalue weighted by Crippen LogP contribution is 2.29. The predicted molar refractivity (Wildman–Crippen MR) is 125 cm³/mol. The van der Waals surface area contributed by atoms with Crippen LogP contribution < -0.4 is 14.9 Å². The fraction of sp³-hybridized carbons (Fsp3) is 0.739. The Morgan fingerprint density at radius 3 is 2.26 bits per heavy atom. The van der Waals surface area contributed by atoms with Gasteiger partial charge in [-0.2, -0.15) is 0 Å². The molecule has 2 unspecified atom stereocenters. The third-order valence-corrected chi connectivity index (χ3v) is 8.55. The third-order valence-electron chi connectivity index (χ3n) is 6.29. The lowest BCUT2D eigenvalue weighted by atomic mass is 9.86. The summed E-state index contributed by atoms with van der Waals surface area (Å²) in [7, 11) is -3.32. The number of halogens is 1. The number of nitrogens with one attached hydrogen (secondary N) is 2. The fourth-order valence-electron chi connectivity index (χ4n) is 4.37. The van der Waals surface area contributed by atoms with Crippen LogP contribution in [0.2, 0.25) is 0 Å². The Balaban J connectivity index is 1.49. The number of morpholine rings is 1. The van der Waals surface area contributed by atoms with Crippen LogP contribution in [0.4, 0.5) is 15.8 Å². The molecule has 1 saturated heterocycles. The van der Waals surface area contributed by atoms with Crippen LogP contribution >= 0.6 is 0 Å². The van der Waals surface area contributed by atoms with Crippen molar-refractivity contribution < 1.29 is 17.5 Å². The minimum Gasteiger partial charge on any atom is -0.382 e. The number of rotatable bonds is 6. The van der Waals surface area contributed by atoms with Crippen LogP contribution in [-0.4, -0.2) is 51.0 Å². The summed E-state index contributed by atoms with van der Waals surface area (Å²) in [4.78, 5) is 2.17. The van der Waals surface area contributed by atoms with Crippen molar-refractivity contribution in [1.29, 1.82) is 0 Å². The molecule has 2 fully saturated rings. The molecule has 1 saturated carbocycles. The predicted octanol–water partition coefficient (Wildman–Crippen LogP) is 4.13. The molecule has 8 heteroatoms. The summed E-state index contributed by atoms with van der Waals surface area (Å²) in [5.74, 6) is 0.173. The van der Waals surface area contributed by atoms with Gasteiger partial charge in [-0.05, 0) is 84.4 Å². The van der Waals surface area contributed by atoms with Crippen LogP contribution in [0.1, 0.15) is 60.3 Å². The summed E-state index contributed by atoms with van der Waals surface area (Å²) in [5, 5.41) is 3.26. The summed E-state index contributed by atoms with van der Waals surface area (Å²) < 4.78 is 47.2. The lowest BCUT2D eigenvalue weighted by Gasteiger charge is -2.37. The Kier molecular flexibility index (Phi) is 7.54. The van der Waals surface area contributed by atoms with Gasteiger partial charge in [-0.1, -0.05) is 0 Å². The van der Waals surface area contributed by atoms with Gasteiger partial charge in [0.05, 0.1) is 22.6 Å². The normalized spacial score (nSPS) is 27.9. The van der Waals surface area contributed by atoms with Crippen LogP contribution in [0.3, 0.4) is 0 Å².